The Balaban J connectivity index is 1.33. The summed E-state index contributed by atoms with van der Waals surface area (Å²) in [6, 6.07) is 52.5. The molecule has 0 radical (unpaired) electrons. The van der Waals surface area contributed by atoms with Gasteiger partial charge in [-0.25, -0.2) is 9.97 Å². The van der Waals surface area contributed by atoms with Crippen LogP contribution in [0.25, 0.3) is 106 Å². The summed E-state index contributed by atoms with van der Waals surface area (Å²) >= 11 is 0. The van der Waals surface area contributed by atoms with Crippen molar-refractivity contribution in [2.24, 2.45) is 0 Å². The minimum absolute atomic E-state index is 0.0332. The van der Waals surface area contributed by atoms with Gasteiger partial charge in [0.1, 0.15) is 11.2 Å². The van der Waals surface area contributed by atoms with Crippen molar-refractivity contribution in [3.05, 3.63) is 199 Å². The van der Waals surface area contributed by atoms with E-state index in [9.17, 15) is 0 Å². The quantitative estimate of drug-likeness (QED) is 0.157. The highest BCUT2D eigenvalue weighted by molar-refractivity contribution is 6.24. The maximum atomic E-state index is 15.4. The number of para-hydroxylation sites is 2. The number of hydrogen-bond acceptors (Lipinski definition) is 3. The number of nitrogens with zero attached hydrogens (tertiary/aromatic N) is 3. The van der Waals surface area contributed by atoms with E-state index in [1.165, 1.54) is 36.4 Å². The Kier molecular flexibility index (Phi) is 9.02. The highest BCUT2D eigenvalue weighted by Crippen LogP contribution is 2.50. The topological polar surface area (TPSA) is 43.9 Å². The van der Waals surface area contributed by atoms with Crippen molar-refractivity contribution in [1.29, 1.82) is 0 Å². The molecule has 3 aromatic heterocycles. The number of furan rings is 1. The Hall–Kier alpha value is -7.98. The standard InChI is InChI=1S/C54H31F6N3O/c55-53(56,57)42-23-11-7-19-35(42)40-29-34(45-31-44(32-15-3-1-4-16-32)61-52(62-45)33-17-5-2-6-18-33)30-41(36-20-8-12-24-43(36)54(58,59)60)50(40)63-46-25-13-9-22-39(46)49-47(63)28-27-38-37-21-10-14-26-48(37)64-51(38)49/h1-31H. The fraction of sp³-hybridized carbons (Fsp3) is 0.0370. The molecule has 0 bridgehead atoms. The molecule has 0 N–H and O–H groups in total. The first-order chi connectivity index (χ1) is 31.0. The van der Waals surface area contributed by atoms with Crippen molar-refractivity contribution in [2.45, 2.75) is 12.4 Å². The van der Waals surface area contributed by atoms with Crippen molar-refractivity contribution < 1.29 is 30.8 Å². The average Bonchev–Trinajstić information content (AvgIpc) is 3.87. The van der Waals surface area contributed by atoms with Crippen LogP contribution in [0.2, 0.25) is 0 Å². The van der Waals surface area contributed by atoms with Gasteiger partial charge in [-0.3, -0.25) is 0 Å². The molecule has 4 nitrogen and oxygen atoms in total. The average molecular weight is 852 g/mol. The van der Waals surface area contributed by atoms with Gasteiger partial charge in [-0.15, -0.1) is 0 Å². The first kappa shape index (κ1) is 38.9. The van der Waals surface area contributed by atoms with Gasteiger partial charge in [0, 0.05) is 44.0 Å². The maximum Gasteiger partial charge on any atom is 0.417 e. The Morgan fingerprint density at radius 3 is 1.55 bits per heavy atom. The van der Waals surface area contributed by atoms with E-state index in [1.807, 2.05) is 115 Å². The smallest absolute Gasteiger partial charge is 0.417 e. The van der Waals surface area contributed by atoms with Crippen LogP contribution in [0.5, 0.6) is 0 Å². The van der Waals surface area contributed by atoms with E-state index in [0.717, 1.165) is 28.5 Å². The van der Waals surface area contributed by atoms with E-state index in [0.29, 0.717) is 55.7 Å². The van der Waals surface area contributed by atoms with Gasteiger partial charge in [-0.1, -0.05) is 133 Å². The summed E-state index contributed by atoms with van der Waals surface area (Å²) in [7, 11) is 0. The second kappa shape index (κ2) is 14.8. The molecule has 0 atom stereocenters. The lowest BCUT2D eigenvalue weighted by molar-refractivity contribution is -0.137. The van der Waals surface area contributed by atoms with Crippen LogP contribution in [0.4, 0.5) is 26.3 Å². The van der Waals surface area contributed by atoms with Gasteiger partial charge in [0.15, 0.2) is 5.82 Å². The van der Waals surface area contributed by atoms with Crippen LogP contribution in [-0.4, -0.2) is 14.5 Å². The van der Waals surface area contributed by atoms with E-state index in [2.05, 4.69) is 0 Å². The van der Waals surface area contributed by atoms with E-state index in [1.54, 1.807) is 28.8 Å². The molecular formula is C54H31F6N3O. The molecule has 11 aromatic rings. The van der Waals surface area contributed by atoms with Crippen LogP contribution in [0.15, 0.2) is 192 Å². The molecule has 0 aliphatic rings. The van der Waals surface area contributed by atoms with Gasteiger partial charge >= 0.3 is 12.4 Å². The van der Waals surface area contributed by atoms with Crippen LogP contribution in [-0.2, 0) is 12.4 Å². The fourth-order valence-corrected chi connectivity index (χ4v) is 8.91. The second-order valence-corrected chi connectivity index (χ2v) is 15.5. The molecule has 10 heteroatoms. The summed E-state index contributed by atoms with van der Waals surface area (Å²) in [5.74, 6) is 0.327. The third kappa shape index (κ3) is 6.49. The van der Waals surface area contributed by atoms with Crippen molar-refractivity contribution >= 4 is 43.7 Å². The molecular weight excluding hydrogens is 821 g/mol. The molecule has 0 unspecified atom stereocenters. The summed E-state index contributed by atoms with van der Waals surface area (Å²) < 4.78 is 100. The molecule has 0 aliphatic carbocycles. The minimum atomic E-state index is -4.84. The van der Waals surface area contributed by atoms with E-state index < -0.39 is 23.5 Å². The number of halogens is 6. The number of benzene rings is 8. The monoisotopic (exact) mass is 851 g/mol. The first-order valence-electron chi connectivity index (χ1n) is 20.4. The van der Waals surface area contributed by atoms with Gasteiger partial charge in [0.25, 0.3) is 0 Å². The molecule has 0 amide bonds. The molecule has 11 rings (SSSR count). The summed E-state index contributed by atoms with van der Waals surface area (Å²) in [5.41, 5.74) is 2.57. The van der Waals surface area contributed by atoms with Gasteiger partial charge in [-0.05, 0) is 65.7 Å². The maximum absolute atomic E-state index is 15.4. The Morgan fingerprint density at radius 1 is 0.406 bits per heavy atom. The van der Waals surface area contributed by atoms with E-state index in [4.69, 9.17) is 14.4 Å². The number of fused-ring (bicyclic) bond motifs is 7. The van der Waals surface area contributed by atoms with Gasteiger partial charge in [0.05, 0.1) is 44.6 Å². The van der Waals surface area contributed by atoms with E-state index in [-0.39, 0.29) is 33.5 Å². The zero-order valence-corrected chi connectivity index (χ0v) is 33.4. The summed E-state index contributed by atoms with van der Waals surface area (Å²) in [6.07, 6.45) is -9.68. The zero-order valence-electron chi connectivity index (χ0n) is 33.4. The highest BCUT2D eigenvalue weighted by Gasteiger charge is 2.37. The number of hydrogen-bond donors (Lipinski definition) is 0. The predicted molar refractivity (Wildman–Crippen MR) is 241 cm³/mol. The highest BCUT2D eigenvalue weighted by atomic mass is 19.4. The Labute approximate surface area is 361 Å². The molecule has 0 saturated carbocycles. The Morgan fingerprint density at radius 2 is 0.922 bits per heavy atom. The van der Waals surface area contributed by atoms with Gasteiger partial charge in [-0.2, -0.15) is 26.3 Å². The first-order valence-corrected chi connectivity index (χ1v) is 20.4. The largest absolute Gasteiger partial charge is 0.455 e. The minimum Gasteiger partial charge on any atom is -0.455 e. The molecule has 0 aliphatic heterocycles. The zero-order chi connectivity index (χ0) is 43.7. The van der Waals surface area contributed by atoms with Crippen LogP contribution >= 0.6 is 0 Å². The van der Waals surface area contributed by atoms with Crippen LogP contribution in [0.3, 0.4) is 0 Å². The molecule has 0 spiro atoms. The molecule has 0 fully saturated rings. The number of alkyl halides is 6. The van der Waals surface area contributed by atoms with Crippen molar-refractivity contribution in [3.8, 4) is 61.8 Å². The summed E-state index contributed by atoms with van der Waals surface area (Å²) in [5, 5.41) is 3.05. The molecule has 8 aromatic carbocycles. The molecule has 3 heterocycles. The summed E-state index contributed by atoms with van der Waals surface area (Å²) in [6.45, 7) is 0. The lowest BCUT2D eigenvalue weighted by Crippen LogP contribution is -2.11. The lowest BCUT2D eigenvalue weighted by atomic mass is 9.88. The van der Waals surface area contributed by atoms with Crippen LogP contribution < -0.4 is 0 Å². The lowest BCUT2D eigenvalue weighted by Gasteiger charge is -2.24. The number of rotatable bonds is 6. The SMILES string of the molecule is FC(F)(F)c1ccccc1-c1cc(-c2cc(-c3ccccc3)nc(-c3ccccc3)n2)cc(-c2ccccc2C(F)(F)F)c1-n1c2ccccc2c2c3oc4ccccc4c3ccc21. The van der Waals surface area contributed by atoms with Crippen molar-refractivity contribution in [3.63, 3.8) is 0 Å². The van der Waals surface area contributed by atoms with Crippen molar-refractivity contribution in [1.82, 2.24) is 14.5 Å². The Bertz CT molecular complexity index is 3450. The van der Waals surface area contributed by atoms with Crippen LogP contribution in [0.1, 0.15) is 11.1 Å². The van der Waals surface area contributed by atoms with Gasteiger partial charge in [0.2, 0.25) is 0 Å². The van der Waals surface area contributed by atoms with Gasteiger partial charge < -0.3 is 8.98 Å². The number of aromatic nitrogens is 3. The van der Waals surface area contributed by atoms with Crippen LogP contribution in [0, 0.1) is 0 Å². The fourth-order valence-electron chi connectivity index (χ4n) is 8.91. The third-order valence-electron chi connectivity index (χ3n) is 11.7. The normalized spacial score (nSPS) is 12.2. The molecule has 64 heavy (non-hydrogen) atoms. The molecule has 310 valence electrons. The molecule has 0 saturated heterocycles. The van der Waals surface area contributed by atoms with E-state index >= 15 is 26.3 Å². The third-order valence-corrected chi connectivity index (χ3v) is 11.7. The second-order valence-electron chi connectivity index (χ2n) is 15.5. The predicted octanol–water partition coefficient (Wildman–Crippen LogP) is 15.8. The van der Waals surface area contributed by atoms with Crippen molar-refractivity contribution in [2.75, 3.05) is 0 Å². The summed E-state index contributed by atoms with van der Waals surface area (Å²) in [4.78, 5) is 9.88.